The fourth-order valence-corrected chi connectivity index (χ4v) is 1.75. The fraction of sp³-hybridized carbons (Fsp3) is 0.600. The van der Waals surface area contributed by atoms with Crippen molar-refractivity contribution in [3.05, 3.63) is 12.2 Å². The van der Waals surface area contributed by atoms with Gasteiger partial charge in [0.25, 0.3) is 0 Å². The molecule has 7 heteroatoms. The van der Waals surface area contributed by atoms with Crippen LogP contribution in [0.3, 0.4) is 0 Å². The summed E-state index contributed by atoms with van der Waals surface area (Å²) < 4.78 is 1.69. The van der Waals surface area contributed by atoms with Gasteiger partial charge in [-0.2, -0.15) is 0 Å². The second kappa shape index (κ2) is 3.83. The number of carbonyl (C=O) groups is 2. The van der Waals surface area contributed by atoms with E-state index in [0.29, 0.717) is 18.7 Å². The molecule has 0 spiro atoms. The van der Waals surface area contributed by atoms with Crippen LogP contribution in [0.15, 0.2) is 6.33 Å². The molecular formula is C10H14N4O3. The molecule has 1 fully saturated rings. The second-order valence-corrected chi connectivity index (χ2v) is 4.38. The molecule has 7 nitrogen and oxygen atoms in total. The van der Waals surface area contributed by atoms with E-state index >= 15 is 0 Å². The highest BCUT2D eigenvalue weighted by molar-refractivity contribution is 6.04. The Morgan fingerprint density at radius 3 is 2.65 bits per heavy atom. The Morgan fingerprint density at radius 1 is 1.59 bits per heavy atom. The van der Waals surface area contributed by atoms with Gasteiger partial charge in [0.2, 0.25) is 5.91 Å². The van der Waals surface area contributed by atoms with Crippen LogP contribution >= 0.6 is 0 Å². The van der Waals surface area contributed by atoms with Crippen LogP contribution in [-0.2, 0) is 16.6 Å². The molecule has 2 N–H and O–H groups in total. The number of carboxylic acids is 1. The maximum Gasteiger partial charge on any atom is 0.319 e. The number of aromatic nitrogens is 3. The summed E-state index contributed by atoms with van der Waals surface area (Å²) in [6.07, 6.45) is 2.33. The lowest BCUT2D eigenvalue weighted by molar-refractivity contribution is -0.149. The topological polar surface area (TPSA) is 97.1 Å². The van der Waals surface area contributed by atoms with E-state index in [9.17, 15) is 9.59 Å². The first kappa shape index (κ1) is 11.6. The van der Waals surface area contributed by atoms with Crippen LogP contribution in [0.25, 0.3) is 0 Å². The Labute approximate surface area is 97.8 Å². The lowest BCUT2D eigenvalue weighted by Gasteiger charge is -2.16. The van der Waals surface area contributed by atoms with Gasteiger partial charge in [-0.3, -0.25) is 9.59 Å². The monoisotopic (exact) mass is 238 g/mol. The van der Waals surface area contributed by atoms with Crippen molar-refractivity contribution < 1.29 is 14.7 Å². The number of nitrogens with zero attached hydrogens (tertiary/aromatic N) is 3. The number of nitrogens with one attached hydrogen (secondary N) is 1. The number of hydrogen-bond acceptors (Lipinski definition) is 4. The highest BCUT2D eigenvalue weighted by Gasteiger charge is 2.57. The minimum atomic E-state index is -1.22. The van der Waals surface area contributed by atoms with E-state index < -0.39 is 17.3 Å². The smallest absolute Gasteiger partial charge is 0.319 e. The van der Waals surface area contributed by atoms with E-state index in [0.717, 1.165) is 0 Å². The second-order valence-electron chi connectivity index (χ2n) is 4.38. The van der Waals surface area contributed by atoms with Crippen molar-refractivity contribution in [1.29, 1.82) is 0 Å². The Kier molecular flexibility index (Phi) is 2.60. The van der Waals surface area contributed by atoms with E-state index in [1.807, 2.05) is 0 Å². The zero-order valence-electron chi connectivity index (χ0n) is 9.67. The fourth-order valence-electron chi connectivity index (χ4n) is 1.75. The van der Waals surface area contributed by atoms with Crippen molar-refractivity contribution in [3.8, 4) is 0 Å². The van der Waals surface area contributed by atoms with Gasteiger partial charge in [0, 0.05) is 7.05 Å². The first-order valence-corrected chi connectivity index (χ1v) is 5.35. The highest BCUT2D eigenvalue weighted by Crippen LogP contribution is 2.46. The summed E-state index contributed by atoms with van der Waals surface area (Å²) in [5, 5.41) is 19.2. The van der Waals surface area contributed by atoms with Crippen LogP contribution < -0.4 is 5.32 Å². The van der Waals surface area contributed by atoms with E-state index in [1.54, 1.807) is 18.5 Å². The molecule has 0 aliphatic heterocycles. The van der Waals surface area contributed by atoms with E-state index in [4.69, 9.17) is 5.11 Å². The third kappa shape index (κ3) is 1.88. The predicted octanol–water partition coefficient (Wildman–Crippen LogP) is -0.143. The molecule has 1 atom stereocenters. The Morgan fingerprint density at radius 2 is 2.24 bits per heavy atom. The summed E-state index contributed by atoms with van der Waals surface area (Å²) in [4.78, 5) is 22.8. The number of hydrogen-bond donors (Lipinski definition) is 2. The molecule has 1 heterocycles. The van der Waals surface area contributed by atoms with E-state index in [-0.39, 0.29) is 6.04 Å². The summed E-state index contributed by atoms with van der Waals surface area (Å²) in [6, 6.07) is -0.355. The van der Waals surface area contributed by atoms with Crippen LogP contribution in [0, 0.1) is 5.41 Å². The van der Waals surface area contributed by atoms with Crippen LogP contribution in [0.2, 0.25) is 0 Å². The first-order chi connectivity index (χ1) is 7.97. The van der Waals surface area contributed by atoms with Crippen LogP contribution in [-0.4, -0.2) is 31.7 Å². The third-order valence-electron chi connectivity index (χ3n) is 3.08. The molecule has 0 saturated heterocycles. The molecule has 1 aliphatic carbocycles. The minimum absolute atomic E-state index is 0.355. The molecule has 1 unspecified atom stereocenters. The minimum Gasteiger partial charge on any atom is -0.480 e. The molecule has 2 rings (SSSR count). The summed E-state index contributed by atoms with van der Waals surface area (Å²) in [5.41, 5.74) is -1.22. The number of carbonyl (C=O) groups excluding carboxylic acids is 1. The lowest BCUT2D eigenvalue weighted by Crippen LogP contribution is -2.39. The summed E-state index contributed by atoms with van der Waals surface area (Å²) in [5.74, 6) is -0.903. The summed E-state index contributed by atoms with van der Waals surface area (Å²) >= 11 is 0. The Bertz CT molecular complexity index is 464. The number of aliphatic carboxylic acids is 1. The molecule has 1 aromatic rings. The highest BCUT2D eigenvalue weighted by atomic mass is 16.4. The predicted molar refractivity (Wildman–Crippen MR) is 56.9 cm³/mol. The largest absolute Gasteiger partial charge is 0.480 e. The average molecular weight is 238 g/mol. The van der Waals surface area contributed by atoms with Crippen molar-refractivity contribution in [2.24, 2.45) is 12.5 Å². The Balaban J connectivity index is 2.05. The molecule has 17 heavy (non-hydrogen) atoms. The third-order valence-corrected chi connectivity index (χ3v) is 3.08. The van der Waals surface area contributed by atoms with Gasteiger partial charge in [0.1, 0.15) is 11.7 Å². The van der Waals surface area contributed by atoms with E-state index in [2.05, 4.69) is 15.5 Å². The number of aryl methyl sites for hydroxylation is 1. The Hall–Kier alpha value is -1.92. The SMILES string of the molecule is CC(NC(=O)C1(C(=O)O)CC1)c1nncn1C. The van der Waals surface area contributed by atoms with Crippen molar-refractivity contribution >= 4 is 11.9 Å². The van der Waals surface area contributed by atoms with Gasteiger partial charge in [0.05, 0.1) is 6.04 Å². The quantitative estimate of drug-likeness (QED) is 0.711. The number of amides is 1. The molecule has 92 valence electrons. The number of rotatable bonds is 4. The number of carboxylic acid groups (broad SMARTS) is 1. The molecule has 1 aromatic heterocycles. The van der Waals surface area contributed by atoms with Gasteiger partial charge in [-0.15, -0.1) is 10.2 Å². The molecule has 1 amide bonds. The zero-order valence-corrected chi connectivity index (χ0v) is 9.67. The van der Waals surface area contributed by atoms with Gasteiger partial charge in [0.15, 0.2) is 5.82 Å². The average Bonchev–Trinajstić information content (AvgIpc) is 2.96. The first-order valence-electron chi connectivity index (χ1n) is 5.35. The van der Waals surface area contributed by atoms with Gasteiger partial charge < -0.3 is 15.0 Å². The molecule has 0 radical (unpaired) electrons. The summed E-state index contributed by atoms with van der Waals surface area (Å²) in [6.45, 7) is 1.75. The maximum absolute atomic E-state index is 11.8. The molecule has 1 saturated carbocycles. The zero-order chi connectivity index (χ0) is 12.6. The molecule has 0 bridgehead atoms. The van der Waals surface area contributed by atoms with E-state index in [1.165, 1.54) is 6.33 Å². The maximum atomic E-state index is 11.8. The van der Waals surface area contributed by atoms with Crippen molar-refractivity contribution in [2.75, 3.05) is 0 Å². The van der Waals surface area contributed by atoms with Crippen molar-refractivity contribution in [1.82, 2.24) is 20.1 Å². The standard InChI is InChI=1S/C10H14N4O3/c1-6(7-13-11-5-14(7)2)12-8(15)10(3-4-10)9(16)17/h5-6H,3-4H2,1-2H3,(H,12,15)(H,16,17). The molecule has 1 aliphatic rings. The van der Waals surface area contributed by atoms with Crippen LogP contribution in [0.5, 0.6) is 0 Å². The van der Waals surface area contributed by atoms with Crippen molar-refractivity contribution in [3.63, 3.8) is 0 Å². The van der Waals surface area contributed by atoms with Crippen LogP contribution in [0.4, 0.5) is 0 Å². The molecule has 0 aromatic carbocycles. The summed E-state index contributed by atoms with van der Waals surface area (Å²) in [7, 11) is 1.77. The van der Waals surface area contributed by atoms with Gasteiger partial charge in [-0.1, -0.05) is 0 Å². The normalized spacial score (nSPS) is 18.5. The molecular weight excluding hydrogens is 224 g/mol. The van der Waals surface area contributed by atoms with Gasteiger partial charge in [-0.25, -0.2) is 0 Å². The van der Waals surface area contributed by atoms with Gasteiger partial charge >= 0.3 is 5.97 Å². The van der Waals surface area contributed by atoms with Crippen LogP contribution in [0.1, 0.15) is 31.6 Å². The van der Waals surface area contributed by atoms with Crippen molar-refractivity contribution in [2.45, 2.75) is 25.8 Å². The van der Waals surface area contributed by atoms with Gasteiger partial charge in [-0.05, 0) is 19.8 Å². The lowest BCUT2D eigenvalue weighted by atomic mass is 10.1.